The van der Waals surface area contributed by atoms with Crippen molar-refractivity contribution in [2.45, 2.75) is 75.0 Å². The van der Waals surface area contributed by atoms with Crippen molar-refractivity contribution >= 4 is 78.3 Å². The highest BCUT2D eigenvalue weighted by Crippen LogP contribution is 2.74. The fraction of sp³-hybridized carbons (Fsp3) is 0.0625. The molecule has 0 saturated heterocycles. The number of hydrogen-bond donors (Lipinski definition) is 0. The molecule has 0 amide bonds. The molecule has 0 atom stereocenters. The van der Waals surface area contributed by atoms with Crippen LogP contribution < -0.4 is 19.6 Å². The van der Waals surface area contributed by atoms with E-state index >= 15 is 0 Å². The quantitative estimate of drug-likeness (QED) is 0.0598. The second-order valence-electron chi connectivity index (χ2n) is 35.2. The van der Waals surface area contributed by atoms with Crippen molar-refractivity contribution in [2.24, 2.45) is 0 Å². The molecule has 0 bridgehead atoms. The molecule has 0 heterocycles. The fourth-order valence-corrected chi connectivity index (χ4v) is 22.0. The molecule has 0 spiro atoms. The number of aryl methyl sites for hydroxylation is 8. The van der Waals surface area contributed by atoms with Gasteiger partial charge in [0.1, 0.15) is 0 Å². The van der Waals surface area contributed by atoms with Crippen molar-refractivity contribution in [1.29, 1.82) is 0 Å². The first-order valence-corrected chi connectivity index (χ1v) is 47.6. The topological polar surface area (TPSA) is 13.0 Å². The highest BCUT2D eigenvalue weighted by Gasteiger charge is 2.36. The molecule has 0 N–H and O–H groups in total. The molecule has 5 heteroatoms. The van der Waals surface area contributed by atoms with Crippen LogP contribution in [0.25, 0.3) is 89.0 Å². The van der Waals surface area contributed by atoms with Crippen molar-refractivity contribution in [3.05, 3.63) is 530 Å². The molecule has 20 aromatic carbocycles. The van der Waals surface area contributed by atoms with E-state index in [0.717, 1.165) is 132 Å². The lowest BCUT2D eigenvalue weighted by Crippen LogP contribution is -2.12. The van der Waals surface area contributed by atoms with E-state index in [-0.39, 0.29) is 0 Å². The Morgan fingerprint density at radius 2 is 0.173 bits per heavy atom. The summed E-state index contributed by atoms with van der Waals surface area (Å²) >= 11 is 0. The van der Waals surface area contributed by atoms with Gasteiger partial charge in [-0.2, -0.15) is 0 Å². The van der Waals surface area contributed by atoms with Crippen LogP contribution in [-0.4, -0.2) is 0 Å². The van der Waals surface area contributed by atoms with Crippen molar-refractivity contribution < 1.29 is 0 Å². The minimum atomic E-state index is -2.59. The zero-order valence-corrected chi connectivity index (χ0v) is 77.2. The van der Waals surface area contributed by atoms with Gasteiger partial charge in [0.2, 0.25) is 0 Å². The van der Waals surface area contributed by atoms with E-state index < -0.39 is 10.0 Å². The van der Waals surface area contributed by atoms with Gasteiger partial charge in [0.25, 0.3) is 0 Å². The molecule has 4 nitrogen and oxygen atoms in total. The van der Waals surface area contributed by atoms with E-state index in [9.17, 15) is 0 Å². The third-order valence-corrected chi connectivity index (χ3v) is 29.8. The Morgan fingerprint density at radius 3 is 0.263 bits per heavy atom. The number of hydrogen-bond acceptors (Lipinski definition) is 4. The summed E-state index contributed by atoms with van der Waals surface area (Å²) in [6.07, 6.45) is 0. The van der Waals surface area contributed by atoms with Crippen LogP contribution in [0.5, 0.6) is 0 Å². The molecular weight excluding hydrogens is 1630 g/mol. The van der Waals surface area contributed by atoms with E-state index in [1.165, 1.54) is 89.0 Å². The number of benzene rings is 20. The first-order chi connectivity index (χ1) is 65.1. The molecule has 20 aromatic rings. The van der Waals surface area contributed by atoms with E-state index in [0.29, 0.717) is 0 Å². The summed E-state index contributed by atoms with van der Waals surface area (Å²) in [5.74, 6) is 0. The van der Waals surface area contributed by atoms with E-state index in [4.69, 9.17) is 0 Å². The third-order valence-electron chi connectivity index (χ3n) is 25.9. The predicted molar refractivity (Wildman–Crippen MR) is 567 cm³/mol. The molecular formula is C128H104N4S. The van der Waals surface area contributed by atoms with Crippen LogP contribution >= 0.6 is 10.0 Å². The fourth-order valence-electron chi connectivity index (χ4n) is 18.2. The summed E-state index contributed by atoms with van der Waals surface area (Å²) in [4.78, 5) is 14.3. The van der Waals surface area contributed by atoms with Crippen LogP contribution in [0, 0.1) is 55.4 Å². The molecule has 0 saturated carbocycles. The monoisotopic (exact) mass is 1730 g/mol. The van der Waals surface area contributed by atoms with Gasteiger partial charge in [-0.3, -0.25) is 0 Å². The van der Waals surface area contributed by atoms with Crippen molar-refractivity contribution in [3.8, 4) is 89.0 Å². The van der Waals surface area contributed by atoms with Gasteiger partial charge in [0.05, 0.1) is 0 Å². The Kier molecular flexibility index (Phi) is 24.0. The van der Waals surface area contributed by atoms with Crippen LogP contribution in [0.3, 0.4) is 0 Å². The molecule has 133 heavy (non-hydrogen) atoms. The Bertz CT molecular complexity index is 6100. The number of nitrogens with zero attached hydrogens (tertiary/aromatic N) is 4. The lowest BCUT2D eigenvalue weighted by Gasteiger charge is -2.43. The minimum absolute atomic E-state index is 1.02. The summed E-state index contributed by atoms with van der Waals surface area (Å²) in [7, 11) is -2.59. The molecule has 0 radical (unpaired) electrons. The van der Waals surface area contributed by atoms with Crippen LogP contribution in [0.2, 0.25) is 0 Å². The van der Waals surface area contributed by atoms with Crippen molar-refractivity contribution in [2.75, 3.05) is 19.6 Å². The first kappa shape index (κ1) is 85.1. The van der Waals surface area contributed by atoms with Gasteiger partial charge in [-0.25, -0.2) is 0 Å². The molecule has 0 aromatic heterocycles. The highest BCUT2D eigenvalue weighted by atomic mass is 32.3. The SMILES string of the molecule is Cc1ccc(-c2ccc(N(c3ccc(-c4ccc(C)cc4)cc3)c3ccc(S(c4ccc(N(c5ccc(-c6ccc(C)cc6)cc5)c5ccc(-c6ccc(C)cc6)cc5)cc4)(c4ccc(N(c5ccc(-c6ccc(C)cc6)cc5)c5ccc(-c6ccc(C)cc6)cc5)cc4)c4ccc(N(c5ccc(-c6ccc(C)cc6)cc5)c5ccc(-c6ccc(C)cc6)cc5)cc4)cc3)cc2)cc1. The second kappa shape index (κ2) is 37.6. The average molecular weight is 1730 g/mol. The van der Waals surface area contributed by atoms with Crippen LogP contribution in [0.1, 0.15) is 44.5 Å². The molecule has 0 aliphatic heterocycles. The van der Waals surface area contributed by atoms with Crippen LogP contribution in [0.4, 0.5) is 68.2 Å². The molecule has 0 aliphatic rings. The van der Waals surface area contributed by atoms with Crippen LogP contribution in [0.15, 0.2) is 505 Å². The molecule has 0 unspecified atom stereocenters. The molecule has 0 aliphatic carbocycles. The summed E-state index contributed by atoms with van der Waals surface area (Å²) < 4.78 is 0. The summed E-state index contributed by atoms with van der Waals surface area (Å²) in [6, 6.07) is 182. The van der Waals surface area contributed by atoms with Crippen LogP contribution in [-0.2, 0) is 0 Å². The third kappa shape index (κ3) is 18.2. The van der Waals surface area contributed by atoms with Crippen molar-refractivity contribution in [1.82, 2.24) is 0 Å². The van der Waals surface area contributed by atoms with Gasteiger partial charge in [-0.15, -0.1) is 10.0 Å². The van der Waals surface area contributed by atoms with Gasteiger partial charge in [0, 0.05) is 87.8 Å². The summed E-state index contributed by atoms with van der Waals surface area (Å²) in [5, 5.41) is 0. The van der Waals surface area contributed by atoms with E-state index in [1.807, 2.05) is 0 Å². The highest BCUT2D eigenvalue weighted by molar-refractivity contribution is 8.34. The first-order valence-electron chi connectivity index (χ1n) is 45.9. The average Bonchev–Trinajstić information content (AvgIpc) is 0.722. The van der Waals surface area contributed by atoms with Gasteiger partial charge in [0.15, 0.2) is 0 Å². The maximum absolute atomic E-state index is 2.59. The predicted octanol–water partition coefficient (Wildman–Crippen LogP) is 36.7. The lowest BCUT2D eigenvalue weighted by molar-refractivity contribution is 1.20. The second-order valence-corrected chi connectivity index (χ2v) is 38.3. The van der Waals surface area contributed by atoms with Gasteiger partial charge >= 0.3 is 0 Å². The zero-order valence-electron chi connectivity index (χ0n) is 76.4. The molecule has 20 rings (SSSR count). The Labute approximate surface area is 786 Å². The van der Waals surface area contributed by atoms with Gasteiger partial charge in [-0.1, -0.05) is 336 Å². The largest absolute Gasteiger partial charge is 0.311 e. The van der Waals surface area contributed by atoms with Gasteiger partial charge < -0.3 is 19.6 Å². The Balaban J connectivity index is 0.796. The standard InChI is InChI=1S/C128H104N4S/c1-89-9-25-97(26-10-89)105-41-57-113(58-42-105)129(114-59-43-106(44-60-114)98-27-11-90(2)12-28-98)121-73-81-125(82-74-121)133(126-83-75-122(76-84-126)130(115-61-45-107(46-62-115)99-29-13-91(3)14-30-99)116-63-47-108(48-64-116)100-31-15-92(4)16-32-100,127-85-77-123(78-86-127)131(117-65-49-109(50-66-117)101-33-17-93(5)18-34-101)118-67-51-110(52-68-118)102-35-19-94(6)20-36-102)128-87-79-124(80-88-128)132(119-69-53-111(54-70-119)103-37-21-95(7)22-38-103)120-71-55-112(56-72-120)104-39-23-96(8)24-40-104/h9-88H,1-8H3. The Hall–Kier alpha value is -16.1. The van der Waals surface area contributed by atoms with Crippen molar-refractivity contribution in [3.63, 3.8) is 0 Å². The maximum Gasteiger partial charge on any atom is 0.0462 e. The molecule has 0 fully saturated rings. The smallest absolute Gasteiger partial charge is 0.0462 e. The zero-order chi connectivity index (χ0) is 90.5. The Morgan fingerprint density at radius 1 is 0.0977 bits per heavy atom. The summed E-state index contributed by atoms with van der Waals surface area (Å²) in [5.41, 5.74) is 41.0. The number of rotatable bonds is 24. The normalized spacial score (nSPS) is 11.4. The number of anilines is 12. The van der Waals surface area contributed by atoms with Gasteiger partial charge in [-0.05, 0) is 339 Å². The maximum atomic E-state index is 2.43. The van der Waals surface area contributed by atoms with E-state index in [2.05, 4.69) is 560 Å². The van der Waals surface area contributed by atoms with E-state index in [1.54, 1.807) is 0 Å². The minimum Gasteiger partial charge on any atom is -0.311 e. The lowest BCUT2D eigenvalue weighted by atomic mass is 10.0. The molecule has 642 valence electrons. The summed E-state index contributed by atoms with van der Waals surface area (Å²) in [6.45, 7) is 17.2.